The minimum Gasteiger partial charge on any atom is -0.344 e. The van der Waals surface area contributed by atoms with Crippen molar-refractivity contribution < 1.29 is 77.3 Å². The molecule has 0 aliphatic carbocycles. The molecule has 4 N–H and O–H groups in total. The molecule has 372 valence electrons. The van der Waals surface area contributed by atoms with E-state index in [2.05, 4.69) is 14.4 Å². The van der Waals surface area contributed by atoms with Crippen LogP contribution in [0.5, 0.6) is 0 Å². The number of amides is 2. The van der Waals surface area contributed by atoms with Crippen molar-refractivity contribution in [1.82, 2.24) is 10.0 Å². The highest BCUT2D eigenvalue weighted by atomic mass is 32.2. The van der Waals surface area contributed by atoms with Gasteiger partial charge >= 0.3 is 5.97 Å². The molecule has 5 aromatic rings. The van der Waals surface area contributed by atoms with Crippen molar-refractivity contribution in [2.45, 2.75) is 84.8 Å². The summed E-state index contributed by atoms with van der Waals surface area (Å²) < 4.78 is 112. The summed E-state index contributed by atoms with van der Waals surface area (Å²) in [5.41, 5.74) is 2.74. The number of rotatable bonds is 14. The first-order valence-corrected chi connectivity index (χ1v) is 26.7. The molecule has 0 saturated carbocycles. The van der Waals surface area contributed by atoms with Crippen molar-refractivity contribution in [2.75, 3.05) is 18.0 Å². The molecule has 0 radical (unpaired) electrons. The average Bonchev–Trinajstić information content (AvgIpc) is 3.83. The Kier molecular flexibility index (Phi) is 13.3. The minimum absolute atomic E-state index is 0.0200. The van der Waals surface area contributed by atoms with E-state index in [-0.39, 0.29) is 34.1 Å². The second-order valence-corrected chi connectivity index (χ2v) is 22.6. The van der Waals surface area contributed by atoms with Crippen molar-refractivity contribution in [1.29, 1.82) is 0 Å². The molecule has 1 saturated heterocycles. The molecule has 0 unspecified atom stereocenters. The van der Waals surface area contributed by atoms with Gasteiger partial charge in [-0.3, -0.25) is 28.2 Å². The van der Waals surface area contributed by atoms with Gasteiger partial charge in [0, 0.05) is 75.9 Å². The van der Waals surface area contributed by atoms with Gasteiger partial charge in [-0.1, -0.05) is 31.0 Å². The number of nitrogens with zero attached hydrogens (tertiary/aromatic N) is 4. The van der Waals surface area contributed by atoms with Gasteiger partial charge in [-0.2, -0.15) is 29.8 Å². The fourth-order valence-corrected chi connectivity index (χ4v) is 12.1. The van der Waals surface area contributed by atoms with Gasteiger partial charge in [0.25, 0.3) is 42.2 Å². The van der Waals surface area contributed by atoms with Crippen LogP contribution in [0.15, 0.2) is 116 Å². The van der Waals surface area contributed by atoms with Crippen LogP contribution in [0.25, 0.3) is 27.1 Å². The second kappa shape index (κ2) is 18.4. The smallest absolute Gasteiger partial charge is 0.344 e. The number of benzene rings is 4. The van der Waals surface area contributed by atoms with Gasteiger partial charge in [0.2, 0.25) is 5.69 Å². The number of hydroxylamine groups is 2. The number of carbonyl (C=O) groups is 3. The van der Waals surface area contributed by atoms with Crippen LogP contribution in [0.1, 0.15) is 81.6 Å². The third-order valence-electron chi connectivity index (χ3n) is 12.8. The Labute approximate surface area is 411 Å². The highest BCUT2D eigenvalue weighted by Gasteiger charge is 2.46. The van der Waals surface area contributed by atoms with Crippen LogP contribution in [0.3, 0.4) is 0 Å². The van der Waals surface area contributed by atoms with E-state index in [4.69, 9.17) is 10.1 Å². The molecule has 0 bridgehead atoms. The zero-order chi connectivity index (χ0) is 51.7. The highest BCUT2D eigenvalue weighted by Crippen LogP contribution is 2.52. The monoisotopic (exact) mass is 1050 g/mol. The molecule has 24 heteroatoms. The van der Waals surface area contributed by atoms with E-state index in [1.165, 1.54) is 36.5 Å². The van der Waals surface area contributed by atoms with E-state index in [9.17, 15) is 53.3 Å². The third kappa shape index (κ3) is 9.20. The lowest BCUT2D eigenvalue weighted by molar-refractivity contribution is -0.433. The molecule has 71 heavy (non-hydrogen) atoms. The quantitative estimate of drug-likeness (QED) is 0.0159. The summed E-state index contributed by atoms with van der Waals surface area (Å²) in [5.74, 6) is -2.32. The van der Waals surface area contributed by atoms with Crippen LogP contribution in [-0.2, 0) is 65.0 Å². The summed E-state index contributed by atoms with van der Waals surface area (Å²) in [6.45, 7) is 12.2. The summed E-state index contributed by atoms with van der Waals surface area (Å²) in [7, 11) is -14.7. The molecule has 2 amide bonds. The van der Waals surface area contributed by atoms with E-state index in [0.717, 1.165) is 17.5 Å². The molecule has 20 nitrogen and oxygen atoms in total. The van der Waals surface area contributed by atoms with E-state index in [0.29, 0.717) is 80.8 Å². The van der Waals surface area contributed by atoms with Crippen molar-refractivity contribution in [3.05, 3.63) is 119 Å². The van der Waals surface area contributed by atoms with Gasteiger partial charge in [0.1, 0.15) is 11.4 Å². The maximum atomic E-state index is 13.1. The van der Waals surface area contributed by atoms with Crippen LogP contribution >= 0.6 is 12.0 Å². The number of hydrogen-bond donors (Lipinski definition) is 4. The standard InChI is InChI=1S/C47H44N4O16S4/c1-7-49-35-15-12-30-32(21-28(69(56,57)58)23-37(30)68-67-66-55)43(35)46(3,4)39(49)17-10-26(34-14-9-27(25-48-34)45(54)65-51-41(52)19-20-42(51)53)11-18-40-47(5,6)44-33-22-29(70(59,60)61)24-38(71(62,63)64)31(33)13-16-36(44)50(40)8-2/h9-18,21-25H,7-8,19-20H2,1-6H3,(H3-,55,56,57,58,59,60,61,62,63,64)/p+1. The molecule has 4 heterocycles. The summed E-state index contributed by atoms with van der Waals surface area (Å²) >= 11 is 0.537. The molecule has 3 aliphatic heterocycles. The van der Waals surface area contributed by atoms with Crippen LogP contribution in [0.4, 0.5) is 11.4 Å². The summed E-state index contributed by atoms with van der Waals surface area (Å²) in [5, 5.41) is 14.3. The molecule has 1 aromatic heterocycles. The number of allylic oxidation sites excluding steroid dienone is 6. The van der Waals surface area contributed by atoms with Gasteiger partial charge in [-0.25, -0.2) is 10.1 Å². The maximum Gasteiger partial charge on any atom is 0.365 e. The lowest BCUT2D eigenvalue weighted by atomic mass is 9.79. The fraction of sp³-hybridized carbons (Fsp3) is 0.255. The zero-order valence-electron chi connectivity index (χ0n) is 38.6. The number of likely N-dealkylation sites (N-methyl/N-ethyl adjacent to an activating group) is 1. The van der Waals surface area contributed by atoms with E-state index in [1.54, 1.807) is 30.4 Å². The molecule has 3 aliphatic rings. The number of fused-ring (bicyclic) bond motifs is 6. The fourth-order valence-electron chi connectivity index (χ4n) is 9.63. The van der Waals surface area contributed by atoms with E-state index >= 15 is 0 Å². The average molecular weight is 1050 g/mol. The molecule has 4 aromatic carbocycles. The number of aromatic nitrogens is 1. The predicted molar refractivity (Wildman–Crippen MR) is 258 cm³/mol. The largest absolute Gasteiger partial charge is 0.365 e. The summed E-state index contributed by atoms with van der Waals surface area (Å²) in [4.78, 5) is 47.5. The van der Waals surface area contributed by atoms with Crippen LogP contribution in [0.2, 0.25) is 0 Å². The number of imide groups is 1. The Bertz CT molecular complexity index is 3610. The molecule has 0 atom stereocenters. The van der Waals surface area contributed by atoms with Gasteiger partial charge in [-0.15, -0.1) is 9.40 Å². The van der Waals surface area contributed by atoms with Gasteiger partial charge in [-0.05, 0) is 110 Å². The third-order valence-corrected chi connectivity index (χ3v) is 16.0. The first kappa shape index (κ1) is 51.2. The maximum absolute atomic E-state index is 13.1. The van der Waals surface area contributed by atoms with Crippen molar-refractivity contribution in [3.63, 3.8) is 0 Å². The number of anilines is 1. The van der Waals surface area contributed by atoms with Gasteiger partial charge in [0.15, 0.2) is 5.71 Å². The van der Waals surface area contributed by atoms with Crippen LogP contribution < -0.4 is 4.90 Å². The van der Waals surface area contributed by atoms with Crippen LogP contribution in [0, 0.1) is 0 Å². The van der Waals surface area contributed by atoms with Gasteiger partial charge < -0.3 is 9.74 Å². The predicted octanol–water partition coefficient (Wildman–Crippen LogP) is 7.51. The van der Waals surface area contributed by atoms with Crippen molar-refractivity contribution in [3.8, 4) is 0 Å². The molecule has 1 fully saturated rings. The lowest BCUT2D eigenvalue weighted by Gasteiger charge is -2.26. The minimum atomic E-state index is -4.99. The Morgan fingerprint density at radius 2 is 1.44 bits per heavy atom. The lowest BCUT2D eigenvalue weighted by Crippen LogP contribution is -2.32. The topological polar surface area (TPSA) is 285 Å². The number of carbonyl (C=O) groups excluding carboxylic acids is 3. The number of pyridine rings is 1. The molecular formula is C47H45N4O16S4+. The first-order chi connectivity index (χ1) is 33.2. The Balaban J connectivity index is 1.29. The number of hydrogen-bond acceptors (Lipinski definition) is 16. The second-order valence-electron chi connectivity index (χ2n) is 17.6. The van der Waals surface area contributed by atoms with Crippen LogP contribution in [-0.4, -0.2) is 95.4 Å². The van der Waals surface area contributed by atoms with Gasteiger partial charge in [0.05, 0.1) is 38.5 Å². The zero-order valence-corrected chi connectivity index (χ0v) is 41.9. The van der Waals surface area contributed by atoms with E-state index < -0.39 is 73.7 Å². The molecular weight excluding hydrogens is 1000 g/mol. The Hall–Kier alpha value is -6.19. The summed E-state index contributed by atoms with van der Waals surface area (Å²) in [6, 6.07) is 14.0. The SMILES string of the molecule is CCN1/C(=C/C=C(/C=C/C2=[N+](CC)c3ccc4c(SOOO)cc(S(=O)(=O)O)cc4c3C2(C)C)c2ccc(C(=O)ON3C(=O)CCC3=O)cn2)C(C)(C)c2c1ccc1c(S(=O)(=O)O)cc(S(=O)(=O)O)cc21. The van der Waals surface area contributed by atoms with Crippen molar-refractivity contribution in [2.24, 2.45) is 0 Å². The van der Waals surface area contributed by atoms with E-state index in [1.807, 2.05) is 63.2 Å². The molecule has 0 spiro atoms. The highest BCUT2D eigenvalue weighted by molar-refractivity contribution is 7.94. The van der Waals surface area contributed by atoms with Crippen molar-refractivity contribution >= 4 is 104 Å². The molecule has 8 rings (SSSR count). The normalized spacial score (nSPS) is 17.7. The summed E-state index contributed by atoms with van der Waals surface area (Å²) in [6.07, 6.45) is 8.21. The Morgan fingerprint density at radius 1 is 0.803 bits per heavy atom. The Morgan fingerprint density at radius 3 is 2.01 bits per heavy atom. The first-order valence-electron chi connectivity index (χ1n) is 21.6.